The summed E-state index contributed by atoms with van der Waals surface area (Å²) in [6, 6.07) is 0. The van der Waals surface area contributed by atoms with Gasteiger partial charge >= 0.3 is 0 Å². The molecular weight excluding hydrogens is 572 g/mol. The van der Waals surface area contributed by atoms with Crippen LogP contribution in [-0.4, -0.2) is 47.0 Å². The molecule has 0 bridgehead atoms. The molecule has 250 valence electrons. The van der Waals surface area contributed by atoms with E-state index in [1.54, 1.807) is 20.1 Å². The molecule has 5 nitrogen and oxygen atoms in total. The van der Waals surface area contributed by atoms with Crippen LogP contribution in [0, 0.1) is 28.1 Å². The number of carbonyl (C=O) groups is 1. The smallest absolute Gasteiger partial charge is 0.165 e. The molecule has 0 aromatic heterocycles. The maximum absolute atomic E-state index is 13.0. The third-order valence-corrected chi connectivity index (χ3v) is 9.52. The van der Waals surface area contributed by atoms with Crippen molar-refractivity contribution in [2.75, 3.05) is 13.7 Å². The molecule has 2 rings (SSSR count). The van der Waals surface area contributed by atoms with Crippen LogP contribution < -0.4 is 0 Å². The van der Waals surface area contributed by atoms with Crippen LogP contribution >= 0.6 is 0 Å². The first kappa shape index (κ1) is 38.8. The Balaban J connectivity index is 1.98. The molecule has 0 aliphatic heterocycles. The van der Waals surface area contributed by atoms with Gasteiger partial charge in [-0.05, 0) is 70.4 Å². The Hall–Kier alpha value is -3.43. The molecular formula is C41H56O5. The van der Waals surface area contributed by atoms with Gasteiger partial charge in [-0.1, -0.05) is 118 Å². The topological polar surface area (TPSA) is 87.0 Å². The molecule has 2 aliphatic rings. The first-order valence-electron chi connectivity index (χ1n) is 16.2. The Kier molecular flexibility index (Phi) is 14.3. The standard InChI is InChI=1S/C41H56O5/c1-29(17-13-19-31(3)37(44)24-38(45)41(9)26-34(43)25-40(41,7)8)15-11-12-16-30(2)18-14-20-33(28-42)21-22-36-32(4)23-35(46-10)27-39(36,5)6/h11-20,24,34-35,42-44H,23,25-28H2,1-10H3/b12-11+,17-13+,18-14+,29-15+,30-16+,31-19+,33-20-,37-24-. The van der Waals surface area contributed by atoms with Gasteiger partial charge in [0, 0.05) is 35.2 Å². The van der Waals surface area contributed by atoms with Crippen molar-refractivity contribution in [1.29, 1.82) is 0 Å². The van der Waals surface area contributed by atoms with E-state index in [1.165, 1.54) is 11.6 Å². The molecule has 1 fully saturated rings. The lowest BCUT2D eigenvalue weighted by atomic mass is 9.66. The first-order chi connectivity index (χ1) is 21.5. The van der Waals surface area contributed by atoms with Gasteiger partial charge in [0.2, 0.25) is 0 Å². The minimum atomic E-state index is -0.711. The summed E-state index contributed by atoms with van der Waals surface area (Å²) in [6.45, 7) is 18.0. The summed E-state index contributed by atoms with van der Waals surface area (Å²) in [5, 5.41) is 30.5. The number of aliphatic hydroxyl groups excluding tert-OH is 3. The monoisotopic (exact) mass is 628 g/mol. The number of hydrogen-bond donors (Lipinski definition) is 3. The highest BCUT2D eigenvalue weighted by Gasteiger charge is 2.53. The van der Waals surface area contributed by atoms with Crippen molar-refractivity contribution < 1.29 is 24.9 Å². The van der Waals surface area contributed by atoms with Crippen molar-refractivity contribution in [3.63, 3.8) is 0 Å². The van der Waals surface area contributed by atoms with E-state index in [2.05, 4.69) is 32.6 Å². The number of hydrogen-bond acceptors (Lipinski definition) is 5. The quantitative estimate of drug-likeness (QED) is 0.0922. The van der Waals surface area contributed by atoms with Crippen molar-refractivity contribution in [3.8, 4) is 11.8 Å². The number of ether oxygens (including phenoxy) is 1. The van der Waals surface area contributed by atoms with E-state index in [9.17, 15) is 20.1 Å². The van der Waals surface area contributed by atoms with Gasteiger partial charge in [0.1, 0.15) is 5.76 Å². The summed E-state index contributed by atoms with van der Waals surface area (Å²) in [7, 11) is 1.76. The summed E-state index contributed by atoms with van der Waals surface area (Å²) in [5.74, 6) is 6.29. The largest absolute Gasteiger partial charge is 0.508 e. The maximum Gasteiger partial charge on any atom is 0.165 e. The average molecular weight is 629 g/mol. The van der Waals surface area contributed by atoms with E-state index >= 15 is 0 Å². The second-order valence-corrected chi connectivity index (χ2v) is 14.4. The lowest BCUT2D eigenvalue weighted by Crippen LogP contribution is -2.36. The number of aliphatic hydroxyl groups is 3. The molecule has 5 heteroatoms. The van der Waals surface area contributed by atoms with Crippen molar-refractivity contribution in [2.45, 2.75) is 100 Å². The van der Waals surface area contributed by atoms with Crippen LogP contribution in [0.5, 0.6) is 0 Å². The summed E-state index contributed by atoms with van der Waals surface area (Å²) < 4.78 is 5.59. The zero-order valence-electron chi connectivity index (χ0n) is 29.7. The molecule has 3 atom stereocenters. The molecule has 0 amide bonds. The number of ketones is 1. The van der Waals surface area contributed by atoms with E-state index < -0.39 is 11.5 Å². The van der Waals surface area contributed by atoms with Crippen LogP contribution in [0.15, 0.2) is 106 Å². The Morgan fingerprint density at radius 2 is 1.50 bits per heavy atom. The number of rotatable bonds is 11. The van der Waals surface area contributed by atoms with E-state index in [1.807, 2.05) is 89.3 Å². The normalized spacial score (nSPS) is 26.4. The molecule has 0 heterocycles. The molecule has 0 aromatic carbocycles. The third-order valence-electron chi connectivity index (χ3n) is 9.52. The molecule has 3 unspecified atom stereocenters. The molecule has 0 radical (unpaired) electrons. The van der Waals surface area contributed by atoms with Gasteiger partial charge in [-0.3, -0.25) is 4.79 Å². The second-order valence-electron chi connectivity index (χ2n) is 14.4. The Labute approximate surface area is 278 Å². The van der Waals surface area contributed by atoms with Crippen LogP contribution in [0.1, 0.15) is 88.0 Å². The fourth-order valence-corrected chi connectivity index (χ4v) is 6.22. The summed E-state index contributed by atoms with van der Waals surface area (Å²) in [6.07, 6.45) is 23.0. The van der Waals surface area contributed by atoms with E-state index in [0.717, 1.165) is 29.6 Å². The maximum atomic E-state index is 13.0. The highest BCUT2D eigenvalue weighted by Crippen LogP contribution is 2.53. The van der Waals surface area contributed by atoms with Gasteiger partial charge in [0.15, 0.2) is 5.78 Å². The predicted molar refractivity (Wildman–Crippen MR) is 191 cm³/mol. The van der Waals surface area contributed by atoms with E-state index in [-0.39, 0.29) is 35.1 Å². The molecule has 46 heavy (non-hydrogen) atoms. The average Bonchev–Trinajstić information content (AvgIpc) is 3.19. The summed E-state index contributed by atoms with van der Waals surface area (Å²) in [4.78, 5) is 13.0. The fourth-order valence-electron chi connectivity index (χ4n) is 6.22. The lowest BCUT2D eigenvalue weighted by molar-refractivity contribution is -0.127. The zero-order valence-corrected chi connectivity index (χ0v) is 29.7. The Bertz CT molecular complexity index is 1450. The summed E-state index contributed by atoms with van der Waals surface area (Å²) >= 11 is 0. The van der Waals surface area contributed by atoms with Crippen LogP contribution in [0.2, 0.25) is 0 Å². The van der Waals surface area contributed by atoms with Crippen molar-refractivity contribution in [1.82, 2.24) is 0 Å². The predicted octanol–water partition coefficient (Wildman–Crippen LogP) is 8.77. The first-order valence-corrected chi connectivity index (χ1v) is 16.2. The molecule has 3 N–H and O–H groups in total. The van der Waals surface area contributed by atoms with Gasteiger partial charge in [0.05, 0.1) is 18.8 Å². The second kappa shape index (κ2) is 16.9. The van der Waals surface area contributed by atoms with Gasteiger partial charge in [0.25, 0.3) is 0 Å². The van der Waals surface area contributed by atoms with E-state index in [0.29, 0.717) is 24.0 Å². The number of allylic oxidation sites excluding steroid dienone is 15. The van der Waals surface area contributed by atoms with Gasteiger partial charge < -0.3 is 20.1 Å². The fraction of sp³-hybridized carbons (Fsp3) is 0.488. The highest BCUT2D eigenvalue weighted by molar-refractivity contribution is 5.96. The Morgan fingerprint density at radius 1 is 0.913 bits per heavy atom. The molecule has 0 aromatic rings. The molecule has 0 spiro atoms. The Morgan fingerprint density at radius 3 is 2.00 bits per heavy atom. The summed E-state index contributed by atoms with van der Waals surface area (Å²) in [5.41, 5.74) is 4.61. The van der Waals surface area contributed by atoms with Crippen molar-refractivity contribution in [3.05, 3.63) is 106 Å². The van der Waals surface area contributed by atoms with Gasteiger partial charge in [-0.25, -0.2) is 0 Å². The minimum Gasteiger partial charge on any atom is -0.508 e. The lowest BCUT2D eigenvalue weighted by Gasteiger charge is -2.36. The minimum absolute atomic E-state index is 0.0578. The van der Waals surface area contributed by atoms with Crippen LogP contribution in [0.3, 0.4) is 0 Å². The van der Waals surface area contributed by atoms with Crippen molar-refractivity contribution in [2.24, 2.45) is 16.2 Å². The number of methoxy groups -OCH3 is 1. The van der Waals surface area contributed by atoms with Gasteiger partial charge in [-0.15, -0.1) is 0 Å². The van der Waals surface area contributed by atoms with E-state index in [4.69, 9.17) is 4.74 Å². The molecule has 0 saturated heterocycles. The number of carbonyl (C=O) groups excluding carboxylic acids is 1. The van der Waals surface area contributed by atoms with Crippen LogP contribution in [0.25, 0.3) is 0 Å². The van der Waals surface area contributed by atoms with Gasteiger partial charge in [-0.2, -0.15) is 0 Å². The third kappa shape index (κ3) is 10.8. The van der Waals surface area contributed by atoms with Crippen LogP contribution in [-0.2, 0) is 9.53 Å². The van der Waals surface area contributed by atoms with Crippen LogP contribution in [0.4, 0.5) is 0 Å². The zero-order chi connectivity index (χ0) is 34.7. The van der Waals surface area contributed by atoms with Crippen molar-refractivity contribution >= 4 is 5.78 Å². The highest BCUT2D eigenvalue weighted by atomic mass is 16.5. The molecule has 1 saturated carbocycles. The molecule has 2 aliphatic carbocycles. The SMILES string of the molecule is COC1CC(C)=C(C#C/C(=C/C=C/C(C)=C/C=C/C=C(C)/C=C/C=C(C)/C(O)=C/C(=O)C2(C)CC(O)CC2(C)C)CO)C(C)(C)C1.